The Hall–Kier alpha value is -1.71. The highest BCUT2D eigenvalue weighted by Crippen LogP contribution is 2.23. The van der Waals surface area contributed by atoms with Crippen molar-refractivity contribution in [1.29, 1.82) is 0 Å². The molecule has 2 nitrogen and oxygen atoms in total. The van der Waals surface area contributed by atoms with E-state index < -0.39 is 11.9 Å². The molecule has 0 spiro atoms. The molecular weight excluding hydrogens is 226 g/mol. The third kappa shape index (κ3) is 3.66. The van der Waals surface area contributed by atoms with Crippen LogP contribution in [0.25, 0.3) is 5.57 Å². The smallest absolute Gasteiger partial charge is 0.381 e. The van der Waals surface area contributed by atoms with Crippen LogP contribution in [-0.4, -0.2) is 18.5 Å². The normalized spacial score (nSPS) is 12.4. The molecule has 0 aliphatic heterocycles. The number of rotatable bonds is 4. The average Bonchev–Trinajstić information content (AvgIpc) is 2.30. The van der Waals surface area contributed by atoms with Gasteiger partial charge in [-0.3, -0.25) is 0 Å². The highest BCUT2D eigenvalue weighted by Gasteiger charge is 2.38. The molecule has 0 N–H and O–H groups in total. The molecule has 0 unspecified atom stereocenters. The summed E-state index contributed by atoms with van der Waals surface area (Å²) in [6.07, 6.45) is 0.625. The Balaban J connectivity index is 2.91. The van der Waals surface area contributed by atoms with E-state index in [1.807, 2.05) is 0 Å². The lowest BCUT2D eigenvalue weighted by Gasteiger charge is -2.12. The Bertz CT molecular complexity index is 411. The second-order valence-corrected chi connectivity index (χ2v) is 3.54. The molecular formula is C13H14F2O2. The molecule has 0 saturated carbocycles. The van der Waals surface area contributed by atoms with Crippen LogP contribution >= 0.6 is 0 Å². The van der Waals surface area contributed by atoms with E-state index in [4.69, 9.17) is 0 Å². The number of benzene rings is 1. The van der Waals surface area contributed by atoms with Crippen molar-refractivity contribution in [3.63, 3.8) is 0 Å². The fourth-order valence-electron chi connectivity index (χ4n) is 1.34. The summed E-state index contributed by atoms with van der Waals surface area (Å²) in [5.41, 5.74) is 0.986. The Labute approximate surface area is 98.9 Å². The summed E-state index contributed by atoms with van der Waals surface area (Å²) in [6, 6.07) is 8.69. The Morgan fingerprint density at radius 1 is 1.35 bits per heavy atom. The van der Waals surface area contributed by atoms with Gasteiger partial charge in [-0.15, -0.1) is 0 Å². The van der Waals surface area contributed by atoms with E-state index in [0.29, 0.717) is 17.2 Å². The van der Waals surface area contributed by atoms with Crippen molar-refractivity contribution in [1.82, 2.24) is 0 Å². The number of hydrogen-bond acceptors (Lipinski definition) is 2. The maximum atomic E-state index is 13.4. The molecule has 17 heavy (non-hydrogen) atoms. The lowest BCUT2D eigenvalue weighted by Crippen LogP contribution is -2.28. The van der Waals surface area contributed by atoms with E-state index in [-0.39, 0.29) is 6.61 Å². The maximum absolute atomic E-state index is 13.4. The van der Waals surface area contributed by atoms with Crippen molar-refractivity contribution in [3.8, 4) is 0 Å². The van der Waals surface area contributed by atoms with Crippen LogP contribution in [0, 0.1) is 0 Å². The molecule has 0 saturated heterocycles. The van der Waals surface area contributed by atoms with E-state index >= 15 is 0 Å². The van der Waals surface area contributed by atoms with E-state index in [1.165, 1.54) is 13.8 Å². The Kier molecular flexibility index (Phi) is 4.37. The molecule has 1 aromatic rings. The van der Waals surface area contributed by atoms with Gasteiger partial charge in [-0.05, 0) is 31.1 Å². The molecule has 0 aliphatic carbocycles. The van der Waals surface area contributed by atoms with Gasteiger partial charge in [-0.25, -0.2) is 4.79 Å². The summed E-state index contributed by atoms with van der Waals surface area (Å²) in [5, 5.41) is 0. The zero-order chi connectivity index (χ0) is 12.9. The molecule has 0 fully saturated rings. The number of ether oxygens (including phenoxy) is 1. The molecule has 1 aromatic carbocycles. The topological polar surface area (TPSA) is 26.3 Å². The van der Waals surface area contributed by atoms with Gasteiger partial charge >= 0.3 is 11.9 Å². The van der Waals surface area contributed by atoms with Crippen LogP contribution in [-0.2, 0) is 9.53 Å². The van der Waals surface area contributed by atoms with Crippen molar-refractivity contribution >= 4 is 11.5 Å². The van der Waals surface area contributed by atoms with Gasteiger partial charge < -0.3 is 4.74 Å². The lowest BCUT2D eigenvalue weighted by atomic mass is 10.1. The molecule has 0 atom stereocenters. The van der Waals surface area contributed by atoms with Crippen molar-refractivity contribution in [2.24, 2.45) is 0 Å². The molecule has 0 radical (unpaired) electrons. The van der Waals surface area contributed by atoms with Gasteiger partial charge in [-0.2, -0.15) is 8.78 Å². The van der Waals surface area contributed by atoms with Gasteiger partial charge in [0.25, 0.3) is 0 Å². The number of hydrogen-bond donors (Lipinski definition) is 0. The van der Waals surface area contributed by atoms with E-state index in [9.17, 15) is 13.6 Å². The van der Waals surface area contributed by atoms with Crippen LogP contribution in [0.15, 0.2) is 36.4 Å². The number of carbonyl (C=O) groups is 1. The lowest BCUT2D eigenvalue weighted by molar-refractivity contribution is -0.164. The zero-order valence-electron chi connectivity index (χ0n) is 9.74. The monoisotopic (exact) mass is 240 g/mol. The summed E-state index contributed by atoms with van der Waals surface area (Å²) >= 11 is 0. The first kappa shape index (κ1) is 13.4. The molecule has 0 aliphatic rings. The highest BCUT2D eigenvalue weighted by molar-refractivity contribution is 5.83. The molecule has 0 amide bonds. The molecule has 0 aromatic heterocycles. The predicted molar refractivity (Wildman–Crippen MR) is 61.7 cm³/mol. The number of allylic oxidation sites excluding steroid dienone is 1. The van der Waals surface area contributed by atoms with Gasteiger partial charge in [0.15, 0.2) is 0 Å². The van der Waals surface area contributed by atoms with Crippen molar-refractivity contribution in [3.05, 3.63) is 42.0 Å². The van der Waals surface area contributed by atoms with Crippen LogP contribution in [0.4, 0.5) is 8.78 Å². The fourth-order valence-corrected chi connectivity index (χ4v) is 1.34. The van der Waals surface area contributed by atoms with Crippen LogP contribution in [0.1, 0.15) is 19.4 Å². The number of halogens is 2. The first-order valence-electron chi connectivity index (χ1n) is 5.27. The maximum Gasteiger partial charge on any atom is 0.381 e. The summed E-state index contributed by atoms with van der Waals surface area (Å²) in [5.74, 6) is -5.11. The summed E-state index contributed by atoms with van der Waals surface area (Å²) in [6.45, 7) is 2.96. The summed E-state index contributed by atoms with van der Waals surface area (Å²) in [4.78, 5) is 11.0. The Morgan fingerprint density at radius 2 is 1.94 bits per heavy atom. The van der Waals surface area contributed by atoms with Gasteiger partial charge in [-0.1, -0.05) is 30.3 Å². The van der Waals surface area contributed by atoms with Gasteiger partial charge in [0.1, 0.15) is 0 Å². The largest absolute Gasteiger partial charge is 0.461 e. The number of carbonyl (C=O) groups excluding carboxylic acids is 1. The SMILES string of the molecule is CCOC(=O)C(F)(F)/C=C(\C)c1ccccc1. The number of alkyl halides is 2. The third-order valence-corrected chi connectivity index (χ3v) is 2.17. The second kappa shape index (κ2) is 5.57. The van der Waals surface area contributed by atoms with Crippen molar-refractivity contribution < 1.29 is 18.3 Å². The molecule has 1 rings (SSSR count). The second-order valence-electron chi connectivity index (χ2n) is 3.54. The molecule has 0 bridgehead atoms. The number of esters is 1. The minimum Gasteiger partial charge on any atom is -0.461 e. The van der Waals surface area contributed by atoms with E-state index in [0.717, 1.165) is 0 Å². The van der Waals surface area contributed by atoms with Crippen LogP contribution in [0.2, 0.25) is 0 Å². The minimum absolute atomic E-state index is 0.0628. The molecule has 0 heterocycles. The van der Waals surface area contributed by atoms with E-state index in [1.54, 1.807) is 30.3 Å². The van der Waals surface area contributed by atoms with Gasteiger partial charge in [0.2, 0.25) is 0 Å². The average molecular weight is 240 g/mol. The van der Waals surface area contributed by atoms with Crippen molar-refractivity contribution in [2.45, 2.75) is 19.8 Å². The van der Waals surface area contributed by atoms with Crippen LogP contribution in [0.5, 0.6) is 0 Å². The van der Waals surface area contributed by atoms with E-state index in [2.05, 4.69) is 4.74 Å². The quantitative estimate of drug-likeness (QED) is 0.755. The first-order valence-corrected chi connectivity index (χ1v) is 5.27. The fraction of sp³-hybridized carbons (Fsp3) is 0.308. The zero-order valence-corrected chi connectivity index (χ0v) is 9.74. The minimum atomic E-state index is -3.59. The summed E-state index contributed by atoms with van der Waals surface area (Å²) < 4.78 is 31.1. The predicted octanol–water partition coefficient (Wildman–Crippen LogP) is 3.29. The van der Waals surface area contributed by atoms with Gasteiger partial charge in [0.05, 0.1) is 6.61 Å². The molecule has 4 heteroatoms. The van der Waals surface area contributed by atoms with Crippen LogP contribution in [0.3, 0.4) is 0 Å². The van der Waals surface area contributed by atoms with Gasteiger partial charge in [0, 0.05) is 0 Å². The highest BCUT2D eigenvalue weighted by atomic mass is 19.3. The van der Waals surface area contributed by atoms with Crippen molar-refractivity contribution in [2.75, 3.05) is 6.61 Å². The first-order chi connectivity index (χ1) is 7.97. The summed E-state index contributed by atoms with van der Waals surface area (Å²) in [7, 11) is 0. The Morgan fingerprint density at radius 3 is 2.47 bits per heavy atom. The third-order valence-electron chi connectivity index (χ3n) is 2.17. The molecule has 92 valence electrons. The standard InChI is InChI=1S/C13H14F2O2/c1-3-17-12(16)13(14,15)9-10(2)11-7-5-4-6-8-11/h4-9H,3H2,1-2H3/b10-9+. The van der Waals surface area contributed by atoms with Crippen LogP contribution < -0.4 is 0 Å².